The number of nitrogens with zero attached hydrogens (tertiary/aromatic N) is 1. The van der Waals surface area contributed by atoms with Gasteiger partial charge in [0.05, 0.1) is 0 Å². The zero-order valence-corrected chi connectivity index (χ0v) is 6.74. The number of carbonyl (C=O) groups is 1. The largest absolute Gasteiger partial charge is 0.366 e. The Hall–Kier alpha value is -1.84. The highest BCUT2D eigenvalue weighted by Crippen LogP contribution is 2.40. The molecule has 4 nitrogen and oxygen atoms in total. The lowest BCUT2D eigenvalue weighted by Crippen LogP contribution is -2.55. The van der Waals surface area contributed by atoms with Gasteiger partial charge in [-0.3, -0.25) is 4.79 Å². The number of hydrogen-bond acceptors (Lipinski definition) is 3. The Bertz CT molecular complexity index is 452. The maximum absolute atomic E-state index is 11.2. The van der Waals surface area contributed by atoms with E-state index in [4.69, 9.17) is 5.73 Å². The minimum atomic E-state index is -0.952. The molecule has 2 bridgehead atoms. The highest BCUT2D eigenvalue weighted by Gasteiger charge is 2.54. The maximum atomic E-state index is 11.2. The zero-order valence-electron chi connectivity index (χ0n) is 6.74. The third kappa shape index (κ3) is 0.547. The Labute approximate surface area is 74.5 Å². The summed E-state index contributed by atoms with van der Waals surface area (Å²) in [6.07, 6.45) is 0. The lowest BCUT2D eigenvalue weighted by atomic mass is 10.0. The summed E-state index contributed by atoms with van der Waals surface area (Å²) in [6.45, 7) is 0. The van der Waals surface area contributed by atoms with E-state index in [9.17, 15) is 4.79 Å². The van der Waals surface area contributed by atoms with Gasteiger partial charge in [-0.25, -0.2) is 4.99 Å². The molecule has 4 heteroatoms. The number of carbonyl (C=O) groups excluding carboxylic acids is 1. The highest BCUT2D eigenvalue weighted by atomic mass is 16.2. The summed E-state index contributed by atoms with van der Waals surface area (Å²) in [5.41, 5.74) is 6.18. The second-order valence-electron chi connectivity index (χ2n) is 3.21. The second kappa shape index (κ2) is 1.74. The van der Waals surface area contributed by atoms with Crippen LogP contribution in [0, 0.1) is 0 Å². The molecular weight excluding hydrogens is 166 g/mol. The summed E-state index contributed by atoms with van der Waals surface area (Å²) in [6, 6.07) is 7.59. The van der Waals surface area contributed by atoms with Crippen molar-refractivity contribution >= 4 is 11.7 Å². The molecule has 13 heavy (non-hydrogen) atoms. The number of amides is 1. The Balaban J connectivity index is 2.28. The standard InChI is InChI=1S/C9H7N3O/c10-8(13)9-6-4-2-1-3-5(6)7(11-9)12-9/h1-4H,(H2,10,13)(H,11,12). The van der Waals surface area contributed by atoms with Crippen molar-refractivity contribution in [3.63, 3.8) is 0 Å². The van der Waals surface area contributed by atoms with Gasteiger partial charge >= 0.3 is 0 Å². The van der Waals surface area contributed by atoms with Crippen LogP contribution in [-0.4, -0.2) is 11.7 Å². The van der Waals surface area contributed by atoms with E-state index < -0.39 is 11.6 Å². The Morgan fingerprint density at radius 2 is 2.15 bits per heavy atom. The molecule has 1 atom stereocenters. The molecule has 0 aliphatic carbocycles. The van der Waals surface area contributed by atoms with Gasteiger partial charge in [-0.2, -0.15) is 0 Å². The molecule has 3 N–H and O–H groups in total. The van der Waals surface area contributed by atoms with Crippen LogP contribution in [0.4, 0.5) is 0 Å². The third-order valence-electron chi connectivity index (χ3n) is 2.51. The van der Waals surface area contributed by atoms with Gasteiger partial charge in [-0.15, -0.1) is 0 Å². The smallest absolute Gasteiger partial charge is 0.270 e. The molecule has 3 aliphatic rings. The summed E-state index contributed by atoms with van der Waals surface area (Å²) in [5.74, 6) is 0.329. The highest BCUT2D eigenvalue weighted by molar-refractivity contribution is 6.15. The van der Waals surface area contributed by atoms with Crippen LogP contribution in [0.15, 0.2) is 29.3 Å². The monoisotopic (exact) mass is 173 g/mol. The first-order chi connectivity index (χ1) is 6.24. The molecule has 0 fully saturated rings. The van der Waals surface area contributed by atoms with E-state index in [1.165, 1.54) is 0 Å². The molecule has 0 radical (unpaired) electrons. The van der Waals surface area contributed by atoms with Crippen molar-refractivity contribution in [3.05, 3.63) is 35.4 Å². The average molecular weight is 173 g/mol. The number of primary amides is 1. The molecule has 0 saturated heterocycles. The molecule has 1 amide bonds. The van der Waals surface area contributed by atoms with Crippen molar-refractivity contribution in [1.29, 1.82) is 0 Å². The van der Waals surface area contributed by atoms with Gasteiger partial charge in [-0.1, -0.05) is 24.3 Å². The molecule has 3 heterocycles. The number of hydrogen-bond donors (Lipinski definition) is 2. The van der Waals surface area contributed by atoms with Crippen molar-refractivity contribution in [2.75, 3.05) is 0 Å². The molecule has 1 aromatic carbocycles. The Kier molecular flexibility index (Phi) is 0.888. The van der Waals surface area contributed by atoms with Crippen LogP contribution < -0.4 is 11.1 Å². The predicted molar refractivity (Wildman–Crippen MR) is 47.0 cm³/mol. The van der Waals surface area contributed by atoms with Crippen LogP contribution in [0.3, 0.4) is 0 Å². The van der Waals surface area contributed by atoms with Gasteiger partial charge in [-0.05, 0) is 0 Å². The molecule has 0 spiro atoms. The molecule has 64 valence electrons. The fraction of sp³-hybridized carbons (Fsp3) is 0.111. The van der Waals surface area contributed by atoms with Crippen molar-refractivity contribution in [2.24, 2.45) is 10.7 Å². The quantitative estimate of drug-likeness (QED) is 0.611. The van der Waals surface area contributed by atoms with E-state index in [1.54, 1.807) is 0 Å². The van der Waals surface area contributed by atoms with Gasteiger partial charge in [0, 0.05) is 11.1 Å². The second-order valence-corrected chi connectivity index (χ2v) is 3.21. The SMILES string of the molecule is NC(=O)C12N=C(N1)c1ccccc12. The van der Waals surface area contributed by atoms with Crippen molar-refractivity contribution in [3.8, 4) is 0 Å². The summed E-state index contributed by atoms with van der Waals surface area (Å²) >= 11 is 0. The molecule has 1 unspecified atom stereocenters. The zero-order chi connectivity index (χ0) is 9.05. The lowest BCUT2D eigenvalue weighted by Gasteiger charge is -2.28. The van der Waals surface area contributed by atoms with Gasteiger partial charge in [0.2, 0.25) is 5.66 Å². The number of benzene rings is 1. The summed E-state index contributed by atoms with van der Waals surface area (Å²) in [7, 11) is 0. The van der Waals surface area contributed by atoms with E-state index in [0.29, 0.717) is 0 Å². The maximum Gasteiger partial charge on any atom is 0.270 e. The number of nitrogens with one attached hydrogen (secondary N) is 1. The van der Waals surface area contributed by atoms with Crippen LogP contribution in [0.25, 0.3) is 0 Å². The van der Waals surface area contributed by atoms with Crippen LogP contribution in [0.5, 0.6) is 0 Å². The molecule has 4 rings (SSSR count). The number of aliphatic imine (C=N–C) groups is 1. The molecule has 0 saturated carbocycles. The third-order valence-corrected chi connectivity index (χ3v) is 2.51. The van der Waals surface area contributed by atoms with Crippen molar-refractivity contribution < 1.29 is 4.79 Å². The van der Waals surface area contributed by atoms with Crippen LogP contribution in [0.1, 0.15) is 11.1 Å². The lowest BCUT2D eigenvalue weighted by molar-refractivity contribution is -0.124. The van der Waals surface area contributed by atoms with Gasteiger partial charge in [0.25, 0.3) is 5.91 Å². The van der Waals surface area contributed by atoms with Gasteiger partial charge in [0.1, 0.15) is 5.84 Å². The summed E-state index contributed by atoms with van der Waals surface area (Å²) < 4.78 is 0. The summed E-state index contributed by atoms with van der Waals surface area (Å²) in [5, 5.41) is 2.97. The predicted octanol–water partition coefficient (Wildman–Crippen LogP) is -0.312. The minimum Gasteiger partial charge on any atom is -0.366 e. The molecular formula is C9H7N3O. The first-order valence-corrected chi connectivity index (χ1v) is 4.02. The van der Waals surface area contributed by atoms with E-state index >= 15 is 0 Å². The Morgan fingerprint density at radius 3 is 2.85 bits per heavy atom. The van der Waals surface area contributed by atoms with E-state index in [0.717, 1.165) is 17.0 Å². The average Bonchev–Trinajstić information content (AvgIpc) is 2.51. The van der Waals surface area contributed by atoms with E-state index in [2.05, 4.69) is 10.3 Å². The van der Waals surface area contributed by atoms with Crippen LogP contribution >= 0.6 is 0 Å². The number of rotatable bonds is 1. The van der Waals surface area contributed by atoms with E-state index in [-0.39, 0.29) is 0 Å². The molecule has 3 aliphatic heterocycles. The summed E-state index contributed by atoms with van der Waals surface area (Å²) in [4.78, 5) is 15.3. The first-order valence-electron chi connectivity index (χ1n) is 4.02. The number of amidine groups is 1. The van der Waals surface area contributed by atoms with Gasteiger partial charge < -0.3 is 11.1 Å². The fourth-order valence-corrected chi connectivity index (χ4v) is 1.85. The minimum absolute atomic E-state index is 0.443. The Morgan fingerprint density at radius 1 is 1.46 bits per heavy atom. The molecule has 1 aromatic rings. The topological polar surface area (TPSA) is 67.5 Å². The van der Waals surface area contributed by atoms with Gasteiger partial charge in [0.15, 0.2) is 0 Å². The fourth-order valence-electron chi connectivity index (χ4n) is 1.85. The first kappa shape index (κ1) is 6.65. The van der Waals surface area contributed by atoms with Crippen molar-refractivity contribution in [2.45, 2.75) is 5.66 Å². The van der Waals surface area contributed by atoms with E-state index in [1.807, 2.05) is 24.3 Å². The van der Waals surface area contributed by atoms with Crippen LogP contribution in [0.2, 0.25) is 0 Å². The van der Waals surface area contributed by atoms with Crippen molar-refractivity contribution in [1.82, 2.24) is 5.32 Å². The molecule has 0 aromatic heterocycles. The normalized spacial score (nSPS) is 26.9. The number of nitrogens with two attached hydrogens (primary N) is 1. The van der Waals surface area contributed by atoms with Crippen LogP contribution in [-0.2, 0) is 10.5 Å².